The third-order valence-electron chi connectivity index (χ3n) is 5.22. The smallest absolute Gasteiger partial charge is 0.138 e. The van der Waals surface area contributed by atoms with Crippen LogP contribution in [-0.4, -0.2) is 34.0 Å². The molecule has 1 atom stereocenters. The summed E-state index contributed by atoms with van der Waals surface area (Å²) in [5, 5.41) is 0. The number of aromatic nitrogens is 2. The Bertz CT molecular complexity index is 759. The van der Waals surface area contributed by atoms with Gasteiger partial charge >= 0.3 is 0 Å². The van der Waals surface area contributed by atoms with Crippen molar-refractivity contribution in [2.45, 2.75) is 39.2 Å². The van der Waals surface area contributed by atoms with Gasteiger partial charge in [-0.05, 0) is 62.9 Å². The largest absolute Gasteiger partial charge is 0.464 e. The molecule has 1 aliphatic carbocycles. The molecule has 4 heteroatoms. The predicted molar refractivity (Wildman–Crippen MR) is 91.6 cm³/mol. The molecule has 0 aromatic carbocycles. The van der Waals surface area contributed by atoms with E-state index in [1.807, 2.05) is 12.3 Å². The van der Waals surface area contributed by atoms with Gasteiger partial charge in [0.05, 0.1) is 6.26 Å². The van der Waals surface area contributed by atoms with Crippen LogP contribution in [0.25, 0.3) is 22.7 Å². The van der Waals surface area contributed by atoms with Crippen LogP contribution in [0.3, 0.4) is 0 Å². The maximum absolute atomic E-state index is 5.75. The minimum absolute atomic E-state index is 0.725. The number of nitrogens with one attached hydrogen (secondary N) is 1. The van der Waals surface area contributed by atoms with Crippen molar-refractivity contribution < 1.29 is 4.42 Å². The highest BCUT2D eigenvalue weighted by molar-refractivity contribution is 5.83. The van der Waals surface area contributed by atoms with Crippen molar-refractivity contribution in [1.29, 1.82) is 0 Å². The fourth-order valence-corrected chi connectivity index (χ4v) is 3.83. The SMILES string of the molecule is Cc1c(CCN2CCCC2C)cc2occc(-c3ncc[nH]3)c1-2. The first-order valence-corrected chi connectivity index (χ1v) is 8.47. The summed E-state index contributed by atoms with van der Waals surface area (Å²) < 4.78 is 5.75. The molecule has 3 heterocycles. The third-order valence-corrected chi connectivity index (χ3v) is 5.22. The Morgan fingerprint density at radius 1 is 1.43 bits per heavy atom. The molecule has 1 N–H and O–H groups in total. The third kappa shape index (κ3) is 2.57. The topological polar surface area (TPSA) is 45.1 Å². The number of imidazole rings is 1. The molecule has 0 saturated carbocycles. The summed E-state index contributed by atoms with van der Waals surface area (Å²) in [4.78, 5) is 10.2. The van der Waals surface area contributed by atoms with Gasteiger partial charge in [-0.3, -0.25) is 0 Å². The molecule has 0 amide bonds. The van der Waals surface area contributed by atoms with Gasteiger partial charge in [0, 0.05) is 36.1 Å². The normalized spacial score (nSPS) is 19.0. The van der Waals surface area contributed by atoms with Gasteiger partial charge in [0.25, 0.3) is 0 Å². The summed E-state index contributed by atoms with van der Waals surface area (Å²) in [5.41, 5.74) is 5.02. The Balaban J connectivity index is 1.65. The molecule has 0 radical (unpaired) electrons. The van der Waals surface area contributed by atoms with Crippen LogP contribution in [0.15, 0.2) is 35.2 Å². The lowest BCUT2D eigenvalue weighted by atomic mass is 10.0. The number of aromatic amines is 1. The molecule has 23 heavy (non-hydrogen) atoms. The standard InChI is InChI=1S/C19H23N3O/c1-13-4-3-9-22(13)10-5-15-12-17-18(14(15)2)16(6-11-23-17)19-20-7-8-21-19/h6-8,11-13H,3-5,9-10H2,1-2H3,(H,20,21). The highest BCUT2D eigenvalue weighted by atomic mass is 16.3. The predicted octanol–water partition coefficient (Wildman–Crippen LogP) is 4.11. The van der Waals surface area contributed by atoms with E-state index in [1.165, 1.54) is 36.1 Å². The van der Waals surface area contributed by atoms with Crippen LogP contribution in [0.1, 0.15) is 30.9 Å². The Labute approximate surface area is 136 Å². The molecule has 1 unspecified atom stereocenters. The van der Waals surface area contributed by atoms with E-state index in [9.17, 15) is 0 Å². The number of rotatable bonds is 4. The average Bonchev–Trinajstić information content (AvgIpc) is 3.27. The second kappa shape index (κ2) is 5.85. The summed E-state index contributed by atoms with van der Waals surface area (Å²) in [6.45, 7) is 6.91. The summed E-state index contributed by atoms with van der Waals surface area (Å²) in [6.07, 6.45) is 9.16. The van der Waals surface area contributed by atoms with Gasteiger partial charge in [-0.2, -0.15) is 0 Å². The fraction of sp³-hybridized carbons (Fsp3) is 0.421. The number of H-pyrrole nitrogens is 1. The first-order valence-electron chi connectivity index (χ1n) is 8.47. The van der Waals surface area contributed by atoms with Gasteiger partial charge < -0.3 is 14.3 Å². The van der Waals surface area contributed by atoms with Gasteiger partial charge in [-0.1, -0.05) is 0 Å². The van der Waals surface area contributed by atoms with E-state index in [2.05, 4.69) is 34.8 Å². The Morgan fingerprint density at radius 2 is 2.35 bits per heavy atom. The van der Waals surface area contributed by atoms with Crippen LogP contribution >= 0.6 is 0 Å². The Kier molecular flexibility index (Phi) is 3.69. The average molecular weight is 309 g/mol. The lowest BCUT2D eigenvalue weighted by molar-refractivity contribution is 0.272. The monoisotopic (exact) mass is 309 g/mol. The molecular formula is C19H23N3O. The van der Waals surface area contributed by atoms with Crippen LogP contribution in [0.5, 0.6) is 0 Å². The maximum atomic E-state index is 5.75. The van der Waals surface area contributed by atoms with Gasteiger partial charge in [-0.25, -0.2) is 4.98 Å². The molecule has 120 valence electrons. The van der Waals surface area contributed by atoms with Crippen LogP contribution < -0.4 is 0 Å². The van der Waals surface area contributed by atoms with E-state index < -0.39 is 0 Å². The van der Waals surface area contributed by atoms with E-state index in [4.69, 9.17) is 4.42 Å². The Morgan fingerprint density at radius 3 is 3.09 bits per heavy atom. The number of nitrogens with zero attached hydrogens (tertiary/aromatic N) is 2. The summed E-state index contributed by atoms with van der Waals surface area (Å²) in [6, 6.07) is 4.93. The number of fused-ring (bicyclic) bond motifs is 1. The minimum Gasteiger partial charge on any atom is -0.464 e. The second-order valence-corrected chi connectivity index (χ2v) is 6.58. The van der Waals surface area contributed by atoms with E-state index >= 15 is 0 Å². The van der Waals surface area contributed by atoms with Crippen molar-refractivity contribution >= 4 is 0 Å². The molecule has 1 saturated heterocycles. The van der Waals surface area contributed by atoms with Crippen molar-refractivity contribution in [3.63, 3.8) is 0 Å². The van der Waals surface area contributed by atoms with Crippen molar-refractivity contribution in [2.75, 3.05) is 13.1 Å². The zero-order valence-electron chi connectivity index (χ0n) is 13.8. The molecular weight excluding hydrogens is 286 g/mol. The van der Waals surface area contributed by atoms with Crippen molar-refractivity contribution in [3.8, 4) is 22.7 Å². The number of likely N-dealkylation sites (tertiary alicyclic amines) is 1. The quantitative estimate of drug-likeness (QED) is 0.789. The molecule has 3 aliphatic rings. The zero-order valence-corrected chi connectivity index (χ0v) is 13.8. The lowest BCUT2D eigenvalue weighted by Gasteiger charge is -2.20. The summed E-state index contributed by atoms with van der Waals surface area (Å²) >= 11 is 0. The van der Waals surface area contributed by atoms with Crippen molar-refractivity contribution in [2.24, 2.45) is 0 Å². The van der Waals surface area contributed by atoms with Gasteiger partial charge in [0.2, 0.25) is 0 Å². The summed E-state index contributed by atoms with van der Waals surface area (Å²) in [5.74, 6) is 1.86. The first-order chi connectivity index (χ1) is 11.2. The summed E-state index contributed by atoms with van der Waals surface area (Å²) in [7, 11) is 0. The van der Waals surface area contributed by atoms with E-state index in [0.29, 0.717) is 0 Å². The van der Waals surface area contributed by atoms with E-state index in [1.54, 1.807) is 12.5 Å². The first kappa shape index (κ1) is 14.5. The number of hydrogen-bond acceptors (Lipinski definition) is 3. The van der Waals surface area contributed by atoms with E-state index in [0.717, 1.165) is 36.2 Å². The molecule has 1 aromatic rings. The zero-order chi connectivity index (χ0) is 15.8. The second-order valence-electron chi connectivity index (χ2n) is 6.58. The van der Waals surface area contributed by atoms with Gasteiger partial charge in [0.15, 0.2) is 0 Å². The maximum Gasteiger partial charge on any atom is 0.138 e. The molecule has 1 fully saturated rings. The molecule has 1 aromatic heterocycles. The van der Waals surface area contributed by atoms with Crippen LogP contribution in [0, 0.1) is 6.92 Å². The highest BCUT2D eigenvalue weighted by Crippen LogP contribution is 2.38. The molecule has 2 aliphatic heterocycles. The van der Waals surface area contributed by atoms with Gasteiger partial charge in [0.1, 0.15) is 11.6 Å². The highest BCUT2D eigenvalue weighted by Gasteiger charge is 2.23. The molecule has 4 nitrogen and oxygen atoms in total. The van der Waals surface area contributed by atoms with Crippen molar-refractivity contribution in [3.05, 3.63) is 41.9 Å². The van der Waals surface area contributed by atoms with Crippen LogP contribution in [-0.2, 0) is 6.42 Å². The minimum atomic E-state index is 0.725. The van der Waals surface area contributed by atoms with Crippen LogP contribution in [0.4, 0.5) is 0 Å². The van der Waals surface area contributed by atoms with Crippen molar-refractivity contribution in [1.82, 2.24) is 14.9 Å². The molecule has 0 spiro atoms. The molecule has 0 bridgehead atoms. The lowest BCUT2D eigenvalue weighted by Crippen LogP contribution is -2.28. The number of hydrogen-bond donors (Lipinski definition) is 1. The Hall–Kier alpha value is -2.07. The van der Waals surface area contributed by atoms with Gasteiger partial charge in [-0.15, -0.1) is 0 Å². The molecule has 4 rings (SSSR count). The van der Waals surface area contributed by atoms with Crippen LogP contribution in [0.2, 0.25) is 0 Å². The van der Waals surface area contributed by atoms with E-state index in [-0.39, 0.29) is 0 Å². The fourth-order valence-electron chi connectivity index (χ4n) is 3.83.